The Bertz CT molecular complexity index is 1180. The first-order valence-electron chi connectivity index (χ1n) is 9.51. The lowest BCUT2D eigenvalue weighted by molar-refractivity contribution is 0.222. The van der Waals surface area contributed by atoms with E-state index in [1.54, 1.807) is 18.4 Å². The van der Waals surface area contributed by atoms with Crippen molar-refractivity contribution < 1.29 is 8.94 Å². The van der Waals surface area contributed by atoms with Crippen molar-refractivity contribution in [3.8, 4) is 11.6 Å². The Hall–Kier alpha value is -3.47. The first kappa shape index (κ1) is 16.5. The summed E-state index contributed by atoms with van der Waals surface area (Å²) in [5, 5.41) is 8.46. The van der Waals surface area contributed by atoms with Gasteiger partial charge in [0.1, 0.15) is 5.76 Å². The van der Waals surface area contributed by atoms with Crippen molar-refractivity contribution in [1.29, 1.82) is 0 Å². The van der Waals surface area contributed by atoms with Gasteiger partial charge in [0.2, 0.25) is 17.7 Å². The highest BCUT2D eigenvalue weighted by atomic mass is 16.5. The summed E-state index contributed by atoms with van der Waals surface area (Å²) in [6.45, 7) is 4.48. The maximum absolute atomic E-state index is 6.14. The van der Waals surface area contributed by atoms with Gasteiger partial charge in [-0.1, -0.05) is 5.16 Å². The van der Waals surface area contributed by atoms with Crippen LogP contribution in [-0.4, -0.2) is 59.8 Å². The molecular weight excluding hydrogens is 374 g/mol. The van der Waals surface area contributed by atoms with E-state index in [0.29, 0.717) is 35.4 Å². The molecule has 4 aromatic heterocycles. The predicted octanol–water partition coefficient (Wildman–Crippen LogP) is 1.12. The van der Waals surface area contributed by atoms with E-state index in [-0.39, 0.29) is 5.95 Å². The third-order valence-corrected chi connectivity index (χ3v) is 5.62. The molecule has 2 fully saturated rings. The van der Waals surface area contributed by atoms with Gasteiger partial charge >= 0.3 is 0 Å². The van der Waals surface area contributed by atoms with Gasteiger partial charge in [-0.15, -0.1) is 5.10 Å². The van der Waals surface area contributed by atoms with Gasteiger partial charge in [-0.05, 0) is 25.5 Å². The molecule has 0 amide bonds. The number of furan rings is 1. The predicted molar refractivity (Wildman–Crippen MR) is 102 cm³/mol. The topological polar surface area (TPSA) is 128 Å². The summed E-state index contributed by atoms with van der Waals surface area (Å²) in [4.78, 5) is 18.2. The van der Waals surface area contributed by atoms with E-state index >= 15 is 0 Å². The lowest BCUT2D eigenvalue weighted by Gasteiger charge is -2.33. The molecule has 2 unspecified atom stereocenters. The van der Waals surface area contributed by atoms with Gasteiger partial charge in [-0.3, -0.25) is 4.90 Å². The second-order valence-corrected chi connectivity index (χ2v) is 7.56. The van der Waals surface area contributed by atoms with E-state index in [2.05, 4.69) is 35.0 Å². The van der Waals surface area contributed by atoms with Crippen LogP contribution in [0.1, 0.15) is 17.9 Å². The van der Waals surface area contributed by atoms with Gasteiger partial charge in [0, 0.05) is 37.8 Å². The van der Waals surface area contributed by atoms with Gasteiger partial charge < -0.3 is 19.6 Å². The Morgan fingerprint density at radius 3 is 2.86 bits per heavy atom. The molecule has 2 saturated heterocycles. The molecule has 4 aromatic rings. The van der Waals surface area contributed by atoms with Gasteiger partial charge in [0.05, 0.1) is 12.0 Å². The normalized spacial score (nSPS) is 21.6. The van der Waals surface area contributed by atoms with Crippen molar-refractivity contribution in [2.45, 2.75) is 32.0 Å². The van der Waals surface area contributed by atoms with Crippen molar-refractivity contribution in [3.63, 3.8) is 0 Å². The Morgan fingerprint density at radius 1 is 1.21 bits per heavy atom. The minimum Gasteiger partial charge on any atom is -0.461 e. The van der Waals surface area contributed by atoms with Crippen LogP contribution < -0.4 is 10.6 Å². The standard InChI is InChI=1S/C18H19N9O2/c1-10-5-11(24-29-10)7-25-8-13-6-12(25)9-26(13)17-21-16(19)27-18(22-17)20-15(23-27)14-3-2-4-28-14/h2-5,12-13H,6-9H2,1H3,(H2,19,20,21,22,23). The van der Waals surface area contributed by atoms with Gasteiger partial charge in [-0.25, -0.2) is 0 Å². The van der Waals surface area contributed by atoms with Crippen LogP contribution in [0.4, 0.5) is 11.9 Å². The van der Waals surface area contributed by atoms with Crippen molar-refractivity contribution in [1.82, 2.24) is 34.6 Å². The smallest absolute Gasteiger partial charge is 0.259 e. The second kappa shape index (κ2) is 6.01. The largest absolute Gasteiger partial charge is 0.461 e. The Morgan fingerprint density at radius 2 is 2.14 bits per heavy atom. The number of anilines is 2. The number of likely N-dealkylation sites (tertiary alicyclic amines) is 1. The van der Waals surface area contributed by atoms with Crippen LogP contribution in [0.2, 0.25) is 0 Å². The molecule has 0 aromatic carbocycles. The van der Waals surface area contributed by atoms with Gasteiger partial charge in [0.15, 0.2) is 5.76 Å². The van der Waals surface area contributed by atoms with Crippen LogP contribution in [0.5, 0.6) is 0 Å². The lowest BCUT2D eigenvalue weighted by atomic mass is 10.2. The number of nitrogens with zero attached hydrogens (tertiary/aromatic N) is 8. The average molecular weight is 393 g/mol. The van der Waals surface area contributed by atoms with Crippen molar-refractivity contribution in [2.24, 2.45) is 0 Å². The molecule has 2 aliphatic rings. The molecule has 6 heterocycles. The zero-order valence-electron chi connectivity index (χ0n) is 15.8. The minimum absolute atomic E-state index is 0.257. The molecule has 0 radical (unpaired) electrons. The van der Waals surface area contributed by atoms with Crippen LogP contribution in [0, 0.1) is 6.92 Å². The van der Waals surface area contributed by atoms with E-state index in [9.17, 15) is 0 Å². The summed E-state index contributed by atoms with van der Waals surface area (Å²) in [5.41, 5.74) is 7.11. The summed E-state index contributed by atoms with van der Waals surface area (Å²) < 4.78 is 12.0. The van der Waals surface area contributed by atoms with Gasteiger partial charge in [-0.2, -0.15) is 19.5 Å². The number of aromatic nitrogens is 6. The lowest BCUT2D eigenvalue weighted by Crippen LogP contribution is -2.46. The van der Waals surface area contributed by atoms with E-state index in [0.717, 1.165) is 37.5 Å². The molecule has 11 nitrogen and oxygen atoms in total. The molecule has 2 atom stereocenters. The number of aryl methyl sites for hydroxylation is 1. The van der Waals surface area contributed by atoms with E-state index in [1.807, 2.05) is 13.0 Å². The molecule has 0 saturated carbocycles. The number of hydrogen-bond donors (Lipinski definition) is 1. The Kier molecular flexibility index (Phi) is 3.42. The minimum atomic E-state index is 0.257. The summed E-state index contributed by atoms with van der Waals surface area (Å²) >= 11 is 0. The van der Waals surface area contributed by atoms with Crippen molar-refractivity contribution in [2.75, 3.05) is 23.7 Å². The van der Waals surface area contributed by atoms with Crippen LogP contribution >= 0.6 is 0 Å². The zero-order valence-corrected chi connectivity index (χ0v) is 15.8. The number of nitrogens with two attached hydrogens (primary N) is 1. The number of rotatable bonds is 4. The third-order valence-electron chi connectivity index (χ3n) is 5.62. The van der Waals surface area contributed by atoms with E-state index < -0.39 is 0 Å². The summed E-state index contributed by atoms with van der Waals surface area (Å²) in [5.74, 6) is 3.11. The molecule has 2 aliphatic heterocycles. The fourth-order valence-electron chi connectivity index (χ4n) is 4.32. The molecule has 2 N–H and O–H groups in total. The fraction of sp³-hybridized carbons (Fsp3) is 0.389. The summed E-state index contributed by atoms with van der Waals surface area (Å²) in [7, 11) is 0. The summed E-state index contributed by atoms with van der Waals surface area (Å²) in [6, 6.07) is 6.33. The second-order valence-electron chi connectivity index (χ2n) is 7.56. The summed E-state index contributed by atoms with van der Waals surface area (Å²) in [6.07, 6.45) is 2.64. The third kappa shape index (κ3) is 2.65. The number of piperazine rings is 1. The Labute approximate surface area is 165 Å². The maximum atomic E-state index is 6.14. The molecule has 6 rings (SSSR count). The van der Waals surface area contributed by atoms with Crippen LogP contribution in [0.3, 0.4) is 0 Å². The monoisotopic (exact) mass is 393 g/mol. The van der Waals surface area contributed by atoms with E-state index in [4.69, 9.17) is 14.7 Å². The molecule has 148 valence electrons. The number of hydrogen-bond acceptors (Lipinski definition) is 10. The molecule has 2 bridgehead atoms. The molecule has 0 aliphatic carbocycles. The number of fused-ring (bicyclic) bond motifs is 3. The van der Waals surface area contributed by atoms with Gasteiger partial charge in [0.25, 0.3) is 5.78 Å². The van der Waals surface area contributed by atoms with Crippen LogP contribution in [0.15, 0.2) is 33.4 Å². The van der Waals surface area contributed by atoms with Crippen molar-refractivity contribution in [3.05, 3.63) is 35.9 Å². The zero-order chi connectivity index (χ0) is 19.5. The SMILES string of the molecule is Cc1cc(CN2CC3CC2CN3c2nc(N)n3nc(-c4ccco4)nc3n2)no1. The first-order chi connectivity index (χ1) is 14.1. The quantitative estimate of drug-likeness (QED) is 0.538. The van der Waals surface area contributed by atoms with Crippen LogP contribution in [0.25, 0.3) is 17.4 Å². The van der Waals surface area contributed by atoms with Crippen LogP contribution in [-0.2, 0) is 6.54 Å². The van der Waals surface area contributed by atoms with E-state index in [1.165, 1.54) is 4.52 Å². The maximum Gasteiger partial charge on any atom is 0.259 e. The molecular formula is C18H19N9O2. The molecule has 11 heteroatoms. The molecule has 0 spiro atoms. The Balaban J connectivity index is 1.25. The fourth-order valence-corrected chi connectivity index (χ4v) is 4.32. The molecule has 29 heavy (non-hydrogen) atoms. The average Bonchev–Trinajstić information content (AvgIpc) is 3.50. The highest BCUT2D eigenvalue weighted by molar-refractivity contribution is 5.53. The highest BCUT2D eigenvalue weighted by Crippen LogP contribution is 2.34. The number of nitrogen functional groups attached to an aromatic ring is 1. The first-order valence-corrected chi connectivity index (χ1v) is 9.51. The highest BCUT2D eigenvalue weighted by Gasteiger charge is 2.44. The van der Waals surface area contributed by atoms with Crippen molar-refractivity contribution >= 4 is 17.7 Å².